The van der Waals surface area contributed by atoms with Crippen LogP contribution in [0.25, 0.3) is 16.8 Å². The molecule has 0 aliphatic rings. The molecule has 0 amide bonds. The van der Waals surface area contributed by atoms with Gasteiger partial charge in [0.1, 0.15) is 4.47 Å². The Balaban J connectivity index is 2.38. The Hall–Kier alpha value is -1.88. The highest BCUT2D eigenvalue weighted by molar-refractivity contribution is 9.10. The molecule has 3 aromatic rings. The normalized spacial score (nSPS) is 11.2. The van der Waals surface area contributed by atoms with Crippen molar-refractivity contribution in [2.24, 2.45) is 0 Å². The predicted molar refractivity (Wildman–Crippen MR) is 81.5 cm³/mol. The van der Waals surface area contributed by atoms with Crippen LogP contribution >= 0.6 is 15.9 Å². The van der Waals surface area contributed by atoms with Crippen molar-refractivity contribution in [3.05, 3.63) is 56.0 Å². The van der Waals surface area contributed by atoms with Crippen LogP contribution in [0.15, 0.2) is 37.9 Å². The second kappa shape index (κ2) is 4.59. The standard InChI is InChI=1S/C15H13BrN2O2/c1-8-4-6-11(7-5-8)18-14-12(10(3)17-18)9(2)13(16)15(19)20-14/h4-7H,1-3H3. The average Bonchev–Trinajstić information content (AvgIpc) is 2.74. The molecule has 5 heteroatoms. The van der Waals surface area contributed by atoms with Gasteiger partial charge in [0, 0.05) is 0 Å². The zero-order valence-corrected chi connectivity index (χ0v) is 13.0. The first-order chi connectivity index (χ1) is 9.49. The fourth-order valence-electron chi connectivity index (χ4n) is 2.29. The van der Waals surface area contributed by atoms with Gasteiger partial charge in [0.25, 0.3) is 0 Å². The second-order valence-electron chi connectivity index (χ2n) is 4.84. The van der Waals surface area contributed by atoms with Gasteiger partial charge in [-0.2, -0.15) is 9.78 Å². The molecule has 0 unspecified atom stereocenters. The van der Waals surface area contributed by atoms with Crippen molar-refractivity contribution in [1.29, 1.82) is 0 Å². The minimum absolute atomic E-state index is 0.386. The SMILES string of the molecule is Cc1ccc(-n2nc(C)c3c(C)c(Br)c(=O)oc32)cc1. The zero-order valence-electron chi connectivity index (χ0n) is 11.4. The molecule has 3 rings (SSSR count). The van der Waals surface area contributed by atoms with Crippen LogP contribution in [-0.4, -0.2) is 9.78 Å². The first kappa shape index (κ1) is 13.1. The fraction of sp³-hybridized carbons (Fsp3) is 0.200. The first-order valence-corrected chi connectivity index (χ1v) is 7.04. The Kier molecular flexibility index (Phi) is 3.01. The van der Waals surface area contributed by atoms with Gasteiger partial charge in [-0.25, -0.2) is 4.79 Å². The van der Waals surface area contributed by atoms with Crippen molar-refractivity contribution in [2.45, 2.75) is 20.8 Å². The molecule has 2 aromatic heterocycles. The summed E-state index contributed by atoms with van der Waals surface area (Å²) in [5.41, 5.74) is 3.83. The highest BCUT2D eigenvalue weighted by atomic mass is 79.9. The molecule has 4 nitrogen and oxygen atoms in total. The minimum Gasteiger partial charge on any atom is -0.403 e. The van der Waals surface area contributed by atoms with Gasteiger partial charge < -0.3 is 4.42 Å². The van der Waals surface area contributed by atoms with Gasteiger partial charge in [-0.15, -0.1) is 0 Å². The molecule has 0 saturated heterocycles. The average molecular weight is 333 g/mol. The van der Waals surface area contributed by atoms with E-state index in [1.165, 1.54) is 5.56 Å². The summed E-state index contributed by atoms with van der Waals surface area (Å²) < 4.78 is 7.53. The van der Waals surface area contributed by atoms with Crippen LogP contribution in [0.1, 0.15) is 16.8 Å². The first-order valence-electron chi connectivity index (χ1n) is 6.24. The molecule has 0 N–H and O–H groups in total. The van der Waals surface area contributed by atoms with Gasteiger partial charge in [-0.1, -0.05) is 17.7 Å². The largest absolute Gasteiger partial charge is 0.403 e. The summed E-state index contributed by atoms with van der Waals surface area (Å²) in [6, 6.07) is 7.92. The fourth-order valence-corrected chi connectivity index (χ4v) is 2.57. The second-order valence-corrected chi connectivity index (χ2v) is 5.63. The molecule has 102 valence electrons. The van der Waals surface area contributed by atoms with E-state index in [4.69, 9.17) is 4.42 Å². The van der Waals surface area contributed by atoms with Crippen molar-refractivity contribution in [3.8, 4) is 5.69 Å². The maximum absolute atomic E-state index is 11.8. The molecule has 0 aliphatic carbocycles. The summed E-state index contributed by atoms with van der Waals surface area (Å²) >= 11 is 3.27. The molecule has 20 heavy (non-hydrogen) atoms. The number of aryl methyl sites for hydroxylation is 3. The number of nitrogens with zero attached hydrogens (tertiary/aromatic N) is 2. The van der Waals surface area contributed by atoms with Gasteiger partial charge in [-0.05, 0) is 54.4 Å². The summed E-state index contributed by atoms with van der Waals surface area (Å²) in [5, 5.41) is 5.37. The quantitative estimate of drug-likeness (QED) is 0.683. The van der Waals surface area contributed by atoms with E-state index in [-0.39, 0.29) is 5.63 Å². The highest BCUT2D eigenvalue weighted by Gasteiger charge is 2.17. The third-order valence-electron chi connectivity index (χ3n) is 3.37. The van der Waals surface area contributed by atoms with Gasteiger partial charge >= 0.3 is 5.63 Å². The lowest BCUT2D eigenvalue weighted by molar-refractivity contribution is 0.530. The molecule has 1 aromatic carbocycles. The summed E-state index contributed by atoms with van der Waals surface area (Å²) in [5.74, 6) is 0. The van der Waals surface area contributed by atoms with Crippen LogP contribution in [-0.2, 0) is 0 Å². The van der Waals surface area contributed by atoms with E-state index < -0.39 is 0 Å². The van der Waals surface area contributed by atoms with E-state index in [9.17, 15) is 4.79 Å². The molecule has 0 aliphatic heterocycles. The number of rotatable bonds is 1. The number of halogens is 1. The Bertz CT molecular complexity index is 860. The van der Waals surface area contributed by atoms with Crippen LogP contribution in [0.5, 0.6) is 0 Å². The number of benzene rings is 1. The molecule has 0 atom stereocenters. The Labute approximate surface area is 124 Å². The number of hydrogen-bond donors (Lipinski definition) is 0. The van der Waals surface area contributed by atoms with Crippen molar-refractivity contribution in [3.63, 3.8) is 0 Å². The number of aromatic nitrogens is 2. The van der Waals surface area contributed by atoms with E-state index in [1.54, 1.807) is 4.68 Å². The van der Waals surface area contributed by atoms with Crippen molar-refractivity contribution in [2.75, 3.05) is 0 Å². The lowest BCUT2D eigenvalue weighted by atomic mass is 10.2. The van der Waals surface area contributed by atoms with Crippen molar-refractivity contribution >= 4 is 27.0 Å². The van der Waals surface area contributed by atoms with Gasteiger partial charge in [-0.3, -0.25) is 0 Å². The molecule has 2 heterocycles. The van der Waals surface area contributed by atoms with Gasteiger partial charge in [0.15, 0.2) is 0 Å². The summed E-state index contributed by atoms with van der Waals surface area (Å²) in [7, 11) is 0. The van der Waals surface area contributed by atoms with Gasteiger partial charge in [0.2, 0.25) is 5.71 Å². The predicted octanol–water partition coefficient (Wildman–Crippen LogP) is 3.67. The van der Waals surface area contributed by atoms with Crippen LogP contribution < -0.4 is 5.63 Å². The highest BCUT2D eigenvalue weighted by Crippen LogP contribution is 2.27. The zero-order chi connectivity index (χ0) is 14.4. The molecular formula is C15H13BrN2O2. The van der Waals surface area contributed by atoms with Crippen molar-refractivity contribution < 1.29 is 4.42 Å². The molecule has 0 fully saturated rings. The molecule has 0 bridgehead atoms. The molecule has 0 saturated carbocycles. The summed E-state index contributed by atoms with van der Waals surface area (Å²) in [6.07, 6.45) is 0. The van der Waals surface area contributed by atoms with Crippen molar-refractivity contribution in [1.82, 2.24) is 9.78 Å². The van der Waals surface area contributed by atoms with E-state index >= 15 is 0 Å². The van der Waals surface area contributed by atoms with E-state index in [0.29, 0.717) is 10.2 Å². The molecular weight excluding hydrogens is 320 g/mol. The minimum atomic E-state index is -0.386. The van der Waals surface area contributed by atoms with E-state index in [0.717, 1.165) is 22.3 Å². The van der Waals surface area contributed by atoms with E-state index in [1.807, 2.05) is 45.0 Å². The topological polar surface area (TPSA) is 48.0 Å². The van der Waals surface area contributed by atoms with Gasteiger partial charge in [0.05, 0.1) is 16.8 Å². The molecule has 0 spiro atoms. The Morgan fingerprint density at radius 3 is 2.45 bits per heavy atom. The lowest BCUT2D eigenvalue weighted by Gasteiger charge is -2.03. The maximum atomic E-state index is 11.8. The third-order valence-corrected chi connectivity index (χ3v) is 4.29. The van der Waals surface area contributed by atoms with E-state index in [2.05, 4.69) is 21.0 Å². The van der Waals surface area contributed by atoms with Crippen LogP contribution in [0, 0.1) is 20.8 Å². The van der Waals surface area contributed by atoms with Crippen LogP contribution in [0.3, 0.4) is 0 Å². The van der Waals surface area contributed by atoms with Crippen LogP contribution in [0.4, 0.5) is 0 Å². The Morgan fingerprint density at radius 2 is 1.80 bits per heavy atom. The maximum Gasteiger partial charge on any atom is 0.352 e. The lowest BCUT2D eigenvalue weighted by Crippen LogP contribution is -2.04. The smallest absolute Gasteiger partial charge is 0.352 e. The third kappa shape index (κ3) is 1.89. The number of hydrogen-bond acceptors (Lipinski definition) is 3. The summed E-state index contributed by atoms with van der Waals surface area (Å²) in [4.78, 5) is 11.8. The monoisotopic (exact) mass is 332 g/mol. The molecule has 0 radical (unpaired) electrons. The van der Waals surface area contributed by atoms with Crippen LogP contribution in [0.2, 0.25) is 0 Å². The number of fused-ring (bicyclic) bond motifs is 1. The Morgan fingerprint density at radius 1 is 1.15 bits per heavy atom. The summed E-state index contributed by atoms with van der Waals surface area (Å²) in [6.45, 7) is 5.82.